The lowest BCUT2D eigenvalue weighted by Gasteiger charge is -2.30. The minimum absolute atomic E-state index is 0.0297. The average molecular weight is 354 g/mol. The second-order valence-electron chi connectivity index (χ2n) is 7.31. The normalized spacial score (nSPS) is 19.8. The van der Waals surface area contributed by atoms with E-state index in [4.69, 9.17) is 0 Å². The zero-order valence-corrected chi connectivity index (χ0v) is 15.3. The van der Waals surface area contributed by atoms with Gasteiger partial charge < -0.3 is 0 Å². The summed E-state index contributed by atoms with van der Waals surface area (Å²) in [6.07, 6.45) is 5.40. The molecule has 0 radical (unpaired) electrons. The maximum Gasteiger partial charge on any atom is 0.236 e. The Morgan fingerprint density at radius 3 is 2.56 bits per heavy atom. The van der Waals surface area contributed by atoms with Gasteiger partial charge in [0.2, 0.25) is 11.8 Å². The van der Waals surface area contributed by atoms with Gasteiger partial charge in [-0.1, -0.05) is 49.1 Å². The third kappa shape index (κ3) is 3.01. The molecule has 2 fully saturated rings. The van der Waals surface area contributed by atoms with Crippen LogP contribution in [0.2, 0.25) is 0 Å². The quantitative estimate of drug-likeness (QED) is 0.771. The molecule has 5 heteroatoms. The molecule has 1 spiro atoms. The molecule has 0 N–H and O–H groups in total. The molecule has 0 unspecified atom stereocenters. The molecule has 1 aliphatic carbocycles. The molecule has 25 heavy (non-hydrogen) atoms. The molecule has 0 bridgehead atoms. The van der Waals surface area contributed by atoms with E-state index in [2.05, 4.69) is 36.2 Å². The van der Waals surface area contributed by atoms with E-state index in [0.717, 1.165) is 41.9 Å². The summed E-state index contributed by atoms with van der Waals surface area (Å²) in [6.45, 7) is 2.37. The van der Waals surface area contributed by atoms with Crippen LogP contribution >= 0.6 is 11.3 Å². The van der Waals surface area contributed by atoms with Gasteiger partial charge in [-0.25, -0.2) is 4.98 Å². The van der Waals surface area contributed by atoms with E-state index in [1.165, 1.54) is 16.9 Å². The first-order valence-corrected chi connectivity index (χ1v) is 9.82. The summed E-state index contributed by atoms with van der Waals surface area (Å²) in [7, 11) is 0. The zero-order valence-electron chi connectivity index (χ0n) is 14.5. The highest BCUT2D eigenvalue weighted by Crippen LogP contribution is 2.45. The van der Waals surface area contributed by atoms with E-state index in [0.29, 0.717) is 13.0 Å². The summed E-state index contributed by atoms with van der Waals surface area (Å²) in [5.74, 6) is -0.00104. The van der Waals surface area contributed by atoms with E-state index in [9.17, 15) is 9.59 Å². The number of likely N-dealkylation sites (tertiary alicyclic amines) is 1. The fourth-order valence-electron chi connectivity index (χ4n) is 4.01. The van der Waals surface area contributed by atoms with Gasteiger partial charge in [-0.2, -0.15) is 0 Å². The standard InChI is InChI=1S/C20H22N2O2S/c1-14-5-7-15(8-6-14)18-21-16(13-25-18)12-22-17(23)11-20(19(22)24)9-3-2-4-10-20/h5-8,13H,2-4,9-12H2,1H3. The summed E-state index contributed by atoms with van der Waals surface area (Å²) in [5.41, 5.74) is 2.68. The first kappa shape index (κ1) is 16.5. The van der Waals surface area contributed by atoms with Crippen LogP contribution < -0.4 is 0 Å². The number of rotatable bonds is 3. The molecule has 1 aliphatic heterocycles. The molecule has 0 atom stereocenters. The van der Waals surface area contributed by atoms with Crippen LogP contribution in [0.25, 0.3) is 10.6 Å². The predicted octanol–water partition coefficient (Wildman–Crippen LogP) is 4.33. The van der Waals surface area contributed by atoms with Gasteiger partial charge in [0.05, 0.1) is 17.7 Å². The number of aryl methyl sites for hydroxylation is 1. The van der Waals surface area contributed by atoms with E-state index < -0.39 is 5.41 Å². The maximum atomic E-state index is 12.9. The number of aromatic nitrogens is 1. The molecule has 2 aliphatic rings. The summed E-state index contributed by atoms with van der Waals surface area (Å²) in [6, 6.07) is 8.25. The highest BCUT2D eigenvalue weighted by Gasteiger charge is 2.51. The van der Waals surface area contributed by atoms with Crippen LogP contribution in [0.3, 0.4) is 0 Å². The fraction of sp³-hybridized carbons (Fsp3) is 0.450. The van der Waals surface area contributed by atoms with Crippen molar-refractivity contribution in [1.82, 2.24) is 9.88 Å². The van der Waals surface area contributed by atoms with Crippen molar-refractivity contribution >= 4 is 23.2 Å². The Morgan fingerprint density at radius 1 is 1.12 bits per heavy atom. The van der Waals surface area contributed by atoms with Gasteiger partial charge in [0.25, 0.3) is 0 Å². The van der Waals surface area contributed by atoms with E-state index in [-0.39, 0.29) is 11.8 Å². The van der Waals surface area contributed by atoms with E-state index in [1.807, 2.05) is 5.38 Å². The summed E-state index contributed by atoms with van der Waals surface area (Å²) in [4.78, 5) is 31.4. The molecule has 4 nitrogen and oxygen atoms in total. The van der Waals surface area contributed by atoms with Gasteiger partial charge in [0.1, 0.15) is 5.01 Å². The average Bonchev–Trinajstić information content (AvgIpc) is 3.16. The molecular formula is C20H22N2O2S. The predicted molar refractivity (Wildman–Crippen MR) is 98.0 cm³/mol. The van der Waals surface area contributed by atoms with Crippen LogP contribution in [0.15, 0.2) is 29.6 Å². The number of benzene rings is 1. The molecule has 1 saturated heterocycles. The lowest BCUT2D eigenvalue weighted by atomic mass is 9.73. The number of nitrogens with zero attached hydrogens (tertiary/aromatic N) is 2. The van der Waals surface area contributed by atoms with Crippen LogP contribution in [-0.2, 0) is 16.1 Å². The first-order valence-electron chi connectivity index (χ1n) is 8.94. The lowest BCUT2D eigenvalue weighted by Crippen LogP contribution is -2.36. The third-order valence-electron chi connectivity index (χ3n) is 5.47. The van der Waals surface area contributed by atoms with Crippen LogP contribution in [0.5, 0.6) is 0 Å². The Bertz CT molecular complexity index is 803. The van der Waals surface area contributed by atoms with Crippen molar-refractivity contribution in [1.29, 1.82) is 0 Å². The van der Waals surface area contributed by atoms with Crippen molar-refractivity contribution in [2.45, 2.75) is 52.0 Å². The van der Waals surface area contributed by atoms with Crippen molar-refractivity contribution in [2.24, 2.45) is 5.41 Å². The number of carbonyl (C=O) groups excluding carboxylic acids is 2. The highest BCUT2D eigenvalue weighted by molar-refractivity contribution is 7.13. The molecule has 2 aromatic rings. The second kappa shape index (κ2) is 6.37. The van der Waals surface area contributed by atoms with Gasteiger partial charge in [-0.3, -0.25) is 14.5 Å². The number of hydrogen-bond donors (Lipinski definition) is 0. The van der Waals surface area contributed by atoms with Gasteiger partial charge in [0.15, 0.2) is 0 Å². The Hall–Kier alpha value is -2.01. The second-order valence-corrected chi connectivity index (χ2v) is 8.17. The zero-order chi connectivity index (χ0) is 17.4. The molecular weight excluding hydrogens is 332 g/mol. The van der Waals surface area contributed by atoms with Crippen molar-refractivity contribution in [3.05, 3.63) is 40.9 Å². The number of amides is 2. The van der Waals surface area contributed by atoms with Crippen LogP contribution in [0.1, 0.15) is 49.8 Å². The smallest absolute Gasteiger partial charge is 0.236 e. The Morgan fingerprint density at radius 2 is 1.84 bits per heavy atom. The molecule has 130 valence electrons. The van der Waals surface area contributed by atoms with Crippen molar-refractivity contribution in [3.63, 3.8) is 0 Å². The molecule has 2 amide bonds. The van der Waals surface area contributed by atoms with Gasteiger partial charge in [-0.05, 0) is 19.8 Å². The highest BCUT2D eigenvalue weighted by atomic mass is 32.1. The molecule has 1 aromatic heterocycles. The minimum Gasteiger partial charge on any atom is -0.276 e. The number of carbonyl (C=O) groups is 2. The Balaban J connectivity index is 1.51. The van der Waals surface area contributed by atoms with Gasteiger partial charge in [0, 0.05) is 17.4 Å². The summed E-state index contributed by atoms with van der Waals surface area (Å²) in [5, 5.41) is 2.89. The fourth-order valence-corrected chi connectivity index (χ4v) is 4.83. The SMILES string of the molecule is Cc1ccc(-c2nc(CN3C(=O)CC4(CCCCC4)C3=O)cs2)cc1. The number of hydrogen-bond acceptors (Lipinski definition) is 4. The molecule has 1 saturated carbocycles. The lowest BCUT2D eigenvalue weighted by molar-refractivity contribution is -0.143. The monoisotopic (exact) mass is 354 g/mol. The largest absolute Gasteiger partial charge is 0.276 e. The molecule has 4 rings (SSSR count). The molecule has 1 aromatic carbocycles. The van der Waals surface area contributed by atoms with Crippen LogP contribution in [0, 0.1) is 12.3 Å². The van der Waals surface area contributed by atoms with Gasteiger partial charge >= 0.3 is 0 Å². The third-order valence-corrected chi connectivity index (χ3v) is 6.41. The maximum absolute atomic E-state index is 12.9. The summed E-state index contributed by atoms with van der Waals surface area (Å²) >= 11 is 1.56. The Kier molecular flexibility index (Phi) is 4.20. The number of imide groups is 1. The topological polar surface area (TPSA) is 50.3 Å². The van der Waals surface area contributed by atoms with Crippen molar-refractivity contribution < 1.29 is 9.59 Å². The van der Waals surface area contributed by atoms with Gasteiger partial charge in [-0.15, -0.1) is 11.3 Å². The summed E-state index contributed by atoms with van der Waals surface area (Å²) < 4.78 is 0. The van der Waals surface area contributed by atoms with Crippen molar-refractivity contribution in [2.75, 3.05) is 0 Å². The van der Waals surface area contributed by atoms with Crippen molar-refractivity contribution in [3.8, 4) is 10.6 Å². The molecule has 2 heterocycles. The number of thiazole rings is 1. The minimum atomic E-state index is -0.412. The Labute approximate surface area is 151 Å². The first-order chi connectivity index (χ1) is 12.1. The van der Waals surface area contributed by atoms with Crippen LogP contribution in [-0.4, -0.2) is 21.7 Å². The van der Waals surface area contributed by atoms with Crippen LogP contribution in [0.4, 0.5) is 0 Å². The van der Waals surface area contributed by atoms with E-state index >= 15 is 0 Å². The van der Waals surface area contributed by atoms with E-state index in [1.54, 1.807) is 11.3 Å².